The van der Waals surface area contributed by atoms with Crippen molar-refractivity contribution < 1.29 is 24.4 Å². The number of carboxylic acid groups (broad SMARTS) is 1. The van der Waals surface area contributed by atoms with Gasteiger partial charge >= 0.3 is 17.6 Å². The van der Waals surface area contributed by atoms with Crippen LogP contribution < -0.4 is 27.0 Å². The number of esters is 1. The second-order valence-corrected chi connectivity index (χ2v) is 13.6. The molecule has 0 radical (unpaired) electrons. The third-order valence-corrected chi connectivity index (χ3v) is 9.26. The van der Waals surface area contributed by atoms with E-state index in [2.05, 4.69) is 63.3 Å². The molecular formula is C41H36Cl2N14O6. The van der Waals surface area contributed by atoms with E-state index in [0.29, 0.717) is 99.1 Å². The second-order valence-electron chi connectivity index (χ2n) is 12.8. The smallest absolute Gasteiger partial charge is 0.341 e. The maximum absolute atomic E-state index is 12.4. The highest BCUT2D eigenvalue weighted by Gasteiger charge is 2.18. The lowest BCUT2D eigenvalue weighted by atomic mass is 10.1. The number of nitrogens with zero attached hydrogens (tertiary/aromatic N) is 9. The first-order valence-corrected chi connectivity index (χ1v) is 19.4. The molecule has 0 aliphatic heterocycles. The van der Waals surface area contributed by atoms with Gasteiger partial charge < -0.3 is 36.8 Å². The number of benzene rings is 2. The minimum atomic E-state index is -1.02. The van der Waals surface area contributed by atoms with Crippen molar-refractivity contribution in [2.24, 2.45) is 0 Å². The van der Waals surface area contributed by atoms with Crippen LogP contribution in [0.1, 0.15) is 44.5 Å². The molecular weight excluding hydrogens is 855 g/mol. The van der Waals surface area contributed by atoms with Crippen molar-refractivity contribution in [3.8, 4) is 34.7 Å². The number of hydrogen-bond acceptors (Lipinski definition) is 18. The van der Waals surface area contributed by atoms with Gasteiger partial charge in [0, 0.05) is 49.6 Å². The number of aromatic nitrogens is 6. The van der Waals surface area contributed by atoms with Crippen molar-refractivity contribution in [2.75, 3.05) is 59.8 Å². The molecule has 6 aromatic rings. The van der Waals surface area contributed by atoms with Crippen LogP contribution in [-0.4, -0.2) is 84.7 Å². The number of nitrogens with two attached hydrogens (primary N) is 1. The Bertz CT molecular complexity index is 2730. The molecule has 4 aromatic heterocycles. The lowest BCUT2D eigenvalue weighted by molar-refractivity contribution is -0.384. The van der Waals surface area contributed by atoms with Gasteiger partial charge in [-0.05, 0) is 56.3 Å². The van der Waals surface area contributed by atoms with Gasteiger partial charge in [0.05, 0.1) is 67.6 Å². The number of aromatic carboxylic acids is 1. The molecule has 0 fully saturated rings. The first kappa shape index (κ1) is 45.9. The summed E-state index contributed by atoms with van der Waals surface area (Å²) in [5, 5.41) is 51.1. The van der Waals surface area contributed by atoms with Crippen LogP contribution in [0.25, 0.3) is 22.5 Å². The topological polar surface area (TPSA) is 306 Å². The molecule has 2 aromatic carbocycles. The first-order valence-electron chi connectivity index (χ1n) is 18.7. The van der Waals surface area contributed by atoms with E-state index in [1.165, 1.54) is 30.6 Å². The van der Waals surface area contributed by atoms with Crippen molar-refractivity contribution >= 4 is 70.2 Å². The molecule has 7 N–H and O–H groups in total. The highest BCUT2D eigenvalue weighted by molar-refractivity contribution is 6.42. The molecule has 20 nitrogen and oxygen atoms in total. The predicted octanol–water partition coefficient (Wildman–Crippen LogP) is 6.85. The summed E-state index contributed by atoms with van der Waals surface area (Å²) in [5.74, 6) is -0.137. The molecule has 0 saturated heterocycles. The number of aryl methyl sites for hydroxylation is 1. The highest BCUT2D eigenvalue weighted by Crippen LogP contribution is 2.30. The van der Waals surface area contributed by atoms with Gasteiger partial charge in [0.15, 0.2) is 0 Å². The fourth-order valence-corrected chi connectivity index (χ4v) is 5.79. The summed E-state index contributed by atoms with van der Waals surface area (Å²) < 4.78 is 5.11. The number of carbonyl (C=O) groups excluding carboxylic acids is 1. The van der Waals surface area contributed by atoms with Crippen molar-refractivity contribution in [2.45, 2.75) is 13.8 Å². The quantitative estimate of drug-likeness (QED) is 0.0250. The number of hydrogen-bond donors (Lipinski definition) is 6. The first-order chi connectivity index (χ1) is 30.3. The lowest BCUT2D eigenvalue weighted by Crippen LogP contribution is -2.17. The van der Waals surface area contributed by atoms with Crippen molar-refractivity contribution in [3.05, 3.63) is 127 Å². The molecule has 4 heterocycles. The summed E-state index contributed by atoms with van der Waals surface area (Å²) in [5.41, 5.74) is 9.01. The zero-order valence-corrected chi connectivity index (χ0v) is 34.9. The fraction of sp³-hybridized carbons (Fsp3) is 0.171. The summed E-state index contributed by atoms with van der Waals surface area (Å²) in [6, 6.07) is 21.7. The molecule has 6 rings (SSSR count). The van der Waals surface area contributed by atoms with Gasteiger partial charge in [-0.3, -0.25) is 10.1 Å². The summed E-state index contributed by atoms with van der Waals surface area (Å²) in [6.45, 7) is 5.30. The van der Waals surface area contributed by atoms with Gasteiger partial charge in [-0.25, -0.2) is 39.5 Å². The van der Waals surface area contributed by atoms with Crippen molar-refractivity contribution in [1.29, 1.82) is 10.5 Å². The van der Waals surface area contributed by atoms with Crippen LogP contribution in [0, 0.1) is 39.7 Å². The Balaban J connectivity index is 0.000000239. The molecule has 22 heteroatoms. The van der Waals surface area contributed by atoms with E-state index >= 15 is 0 Å². The van der Waals surface area contributed by atoms with Crippen molar-refractivity contribution in [3.63, 3.8) is 0 Å². The summed E-state index contributed by atoms with van der Waals surface area (Å²) in [4.78, 5) is 59.0. The minimum absolute atomic E-state index is 0.157. The summed E-state index contributed by atoms with van der Waals surface area (Å²) in [7, 11) is 0. The predicted molar refractivity (Wildman–Crippen MR) is 236 cm³/mol. The minimum Gasteiger partial charge on any atom is -0.478 e. The monoisotopic (exact) mass is 890 g/mol. The highest BCUT2D eigenvalue weighted by atomic mass is 35.5. The summed E-state index contributed by atoms with van der Waals surface area (Å²) in [6.07, 6.45) is 2.82. The molecule has 63 heavy (non-hydrogen) atoms. The molecule has 0 aliphatic rings. The van der Waals surface area contributed by atoms with Crippen LogP contribution >= 0.6 is 23.2 Å². The number of nitrogen functional groups attached to an aromatic ring is 1. The zero-order chi connectivity index (χ0) is 45.5. The van der Waals surface area contributed by atoms with E-state index in [1.807, 2.05) is 0 Å². The SMILES string of the molecule is CCOC(=O)c1cnc(NCCNc2ccc(C(=O)O)c(C)n2)nc1-c1ccc(C#N)cc1.N#Cc1cnc(NCCNc2ccc([N+](=O)[O-])c(N)n2)nc1-c1ccc(Cl)c(Cl)c1. The lowest BCUT2D eigenvalue weighted by Gasteiger charge is -2.12. The molecule has 0 bridgehead atoms. The zero-order valence-electron chi connectivity index (χ0n) is 33.4. The summed E-state index contributed by atoms with van der Waals surface area (Å²) >= 11 is 12.0. The maximum Gasteiger partial charge on any atom is 0.341 e. The van der Waals surface area contributed by atoms with Gasteiger partial charge in [-0.2, -0.15) is 10.5 Å². The molecule has 0 aliphatic carbocycles. The number of ether oxygens (including phenoxy) is 1. The van der Waals surface area contributed by atoms with Gasteiger partial charge in [0.2, 0.25) is 17.7 Å². The average molecular weight is 892 g/mol. The van der Waals surface area contributed by atoms with E-state index in [0.717, 1.165) is 0 Å². The Labute approximate surface area is 369 Å². The van der Waals surface area contributed by atoms with E-state index < -0.39 is 16.9 Å². The van der Waals surface area contributed by atoms with E-state index in [-0.39, 0.29) is 29.2 Å². The number of anilines is 5. The number of carbonyl (C=O) groups is 2. The Hall–Kier alpha value is -8.20. The fourth-order valence-electron chi connectivity index (χ4n) is 5.50. The van der Waals surface area contributed by atoms with Crippen LogP contribution in [0.2, 0.25) is 10.0 Å². The van der Waals surface area contributed by atoms with Gasteiger partial charge in [-0.1, -0.05) is 41.4 Å². The number of carboxylic acids is 1. The average Bonchev–Trinajstić information content (AvgIpc) is 3.27. The maximum atomic E-state index is 12.4. The molecule has 320 valence electrons. The molecule has 0 spiro atoms. The molecule has 0 saturated carbocycles. The van der Waals surface area contributed by atoms with Gasteiger partial charge in [0.1, 0.15) is 23.3 Å². The standard InChI is InChI=1S/C23H22N6O4.C18H14Cl2N8O2/c1-3-33-22(32)18-13-27-23(29-20(18)16-6-4-15(12-24)5-7-16)26-11-10-25-19-9-8-17(21(30)31)14(2)28-19;19-12-2-1-10(7-13(12)20)16-11(8-21)9-25-18(27-16)24-6-5-23-15-4-3-14(28(29)30)17(22)26-15/h4-9,13H,3,10-11H2,1-2H3,(H,25,28)(H,30,31)(H,26,27,29);1-4,7,9H,5-6H2,(H3,22,23,26)(H,24,25,27). The van der Waals surface area contributed by atoms with Crippen LogP contribution in [0.5, 0.6) is 0 Å². The number of nitrogens with one attached hydrogen (secondary N) is 4. The van der Waals surface area contributed by atoms with Gasteiger partial charge in [0.25, 0.3) is 0 Å². The second kappa shape index (κ2) is 21.9. The largest absolute Gasteiger partial charge is 0.478 e. The van der Waals surface area contributed by atoms with Crippen LogP contribution in [0.4, 0.5) is 35.0 Å². The Kier molecular flexibility index (Phi) is 15.9. The molecule has 0 amide bonds. The number of nitro groups is 1. The number of pyridine rings is 2. The van der Waals surface area contributed by atoms with Crippen molar-refractivity contribution in [1.82, 2.24) is 29.9 Å². The van der Waals surface area contributed by atoms with Crippen LogP contribution in [-0.2, 0) is 4.74 Å². The van der Waals surface area contributed by atoms with E-state index in [1.54, 1.807) is 62.4 Å². The third kappa shape index (κ3) is 12.4. The third-order valence-electron chi connectivity index (χ3n) is 8.52. The van der Waals surface area contributed by atoms with Crippen LogP contribution in [0.15, 0.2) is 79.1 Å². The Morgan fingerprint density at radius 3 is 1.95 bits per heavy atom. The molecule has 0 atom stereocenters. The number of halogens is 2. The molecule has 0 unspecified atom stereocenters. The number of nitriles is 2. The van der Waals surface area contributed by atoms with Crippen LogP contribution in [0.3, 0.4) is 0 Å². The van der Waals surface area contributed by atoms with E-state index in [9.17, 15) is 25.0 Å². The normalized spacial score (nSPS) is 10.3. The van der Waals surface area contributed by atoms with E-state index in [4.69, 9.17) is 44.0 Å². The van der Waals surface area contributed by atoms with Gasteiger partial charge in [-0.15, -0.1) is 0 Å². The number of rotatable bonds is 16. The Morgan fingerprint density at radius 1 is 0.778 bits per heavy atom. The Morgan fingerprint density at radius 2 is 1.38 bits per heavy atom.